The zero-order valence-corrected chi connectivity index (χ0v) is 18.4. The fraction of sp³-hybridized carbons (Fsp3) is 0.476. The molecule has 0 aliphatic heterocycles. The quantitative estimate of drug-likeness (QED) is 0.653. The number of nitrogens with one attached hydrogen (secondary N) is 2. The number of hydrogen-bond donors (Lipinski definition) is 2. The third kappa shape index (κ3) is 6.18. The van der Waals surface area contributed by atoms with E-state index in [-0.39, 0.29) is 11.8 Å². The lowest BCUT2D eigenvalue weighted by Gasteiger charge is -2.24. The lowest BCUT2D eigenvalue weighted by Crippen LogP contribution is -2.46. The van der Waals surface area contributed by atoms with Crippen LogP contribution in [0.15, 0.2) is 30.6 Å². The molecular formula is C21H27ClN4O2S. The van der Waals surface area contributed by atoms with Gasteiger partial charge in [-0.2, -0.15) is 0 Å². The fourth-order valence-corrected chi connectivity index (χ4v) is 4.66. The second-order valence-electron chi connectivity index (χ2n) is 7.66. The Morgan fingerprint density at radius 2 is 2.03 bits per heavy atom. The normalized spacial score (nSPS) is 15.1. The molecule has 2 heterocycles. The van der Waals surface area contributed by atoms with Gasteiger partial charge < -0.3 is 15.5 Å². The Bertz CT molecular complexity index is 849. The molecule has 1 aliphatic rings. The minimum atomic E-state index is -0.471. The molecule has 1 fully saturated rings. The Balaban J connectivity index is 1.60. The van der Waals surface area contributed by atoms with Gasteiger partial charge in [-0.15, -0.1) is 11.3 Å². The van der Waals surface area contributed by atoms with Crippen molar-refractivity contribution in [1.29, 1.82) is 0 Å². The van der Waals surface area contributed by atoms with E-state index in [0.29, 0.717) is 28.8 Å². The monoisotopic (exact) mass is 434 g/mol. The molecule has 1 atom stereocenters. The Labute approximate surface area is 180 Å². The van der Waals surface area contributed by atoms with Gasteiger partial charge in [0.2, 0.25) is 5.91 Å². The largest absolute Gasteiger partial charge is 0.379 e. The fourth-order valence-electron chi connectivity index (χ4n) is 3.63. The van der Waals surface area contributed by atoms with Crippen LogP contribution in [0, 0.1) is 5.92 Å². The van der Waals surface area contributed by atoms with Gasteiger partial charge >= 0.3 is 0 Å². The van der Waals surface area contributed by atoms with Crippen molar-refractivity contribution in [2.75, 3.05) is 19.4 Å². The van der Waals surface area contributed by atoms with Crippen LogP contribution in [0.2, 0.25) is 5.02 Å². The molecule has 3 rings (SSSR count). The molecule has 8 heteroatoms. The molecule has 2 N–H and O–H groups in total. The Kier molecular flexibility index (Phi) is 7.50. The van der Waals surface area contributed by atoms with Crippen LogP contribution in [0.3, 0.4) is 0 Å². The number of carbonyl (C=O) groups excluding carboxylic acids is 2. The highest BCUT2D eigenvalue weighted by atomic mass is 35.5. The summed E-state index contributed by atoms with van der Waals surface area (Å²) in [6, 6.07) is 5.06. The average Bonchev–Trinajstić information content (AvgIpc) is 3.37. The van der Waals surface area contributed by atoms with Crippen LogP contribution in [0.25, 0.3) is 0 Å². The predicted molar refractivity (Wildman–Crippen MR) is 117 cm³/mol. The molecule has 1 unspecified atom stereocenters. The Morgan fingerprint density at radius 3 is 2.72 bits per heavy atom. The molecule has 156 valence electrons. The van der Waals surface area contributed by atoms with Crippen LogP contribution in [0.1, 0.15) is 46.7 Å². The standard InChI is InChI=1S/C21H27ClN4O2S/c1-26(2)21(28)18(9-14-5-3-4-6-14)25-20(27)19-8-7-17(29-19)13-24-16-10-15(22)11-23-12-16/h7-8,10-12,14,18,24H,3-6,9,13H2,1-2H3,(H,25,27). The van der Waals surface area contributed by atoms with Crippen molar-refractivity contribution < 1.29 is 9.59 Å². The summed E-state index contributed by atoms with van der Waals surface area (Å²) in [5.41, 5.74) is 0.824. The summed E-state index contributed by atoms with van der Waals surface area (Å²) in [5, 5.41) is 6.79. The molecule has 1 aliphatic carbocycles. The lowest BCUT2D eigenvalue weighted by atomic mass is 9.97. The van der Waals surface area contributed by atoms with E-state index >= 15 is 0 Å². The molecule has 0 radical (unpaired) electrons. The highest BCUT2D eigenvalue weighted by Gasteiger charge is 2.28. The van der Waals surface area contributed by atoms with Crippen molar-refractivity contribution in [3.8, 4) is 0 Å². The number of thiophene rings is 1. The first-order valence-corrected chi connectivity index (χ1v) is 11.1. The van der Waals surface area contributed by atoms with Gasteiger partial charge in [-0.25, -0.2) is 0 Å². The second kappa shape index (κ2) is 10.1. The van der Waals surface area contributed by atoms with Crippen molar-refractivity contribution in [3.63, 3.8) is 0 Å². The van der Waals surface area contributed by atoms with Gasteiger partial charge in [0, 0.05) is 31.7 Å². The molecule has 0 aromatic carbocycles. The van der Waals surface area contributed by atoms with Crippen molar-refractivity contribution in [1.82, 2.24) is 15.2 Å². The van der Waals surface area contributed by atoms with Crippen LogP contribution in [0.4, 0.5) is 5.69 Å². The maximum Gasteiger partial charge on any atom is 0.262 e. The maximum atomic E-state index is 12.8. The SMILES string of the molecule is CN(C)C(=O)C(CC1CCCC1)NC(=O)c1ccc(CNc2cncc(Cl)c2)s1. The van der Waals surface area contributed by atoms with E-state index in [1.54, 1.807) is 43.5 Å². The highest BCUT2D eigenvalue weighted by Crippen LogP contribution is 2.29. The predicted octanol–water partition coefficient (Wildman–Crippen LogP) is 4.18. The van der Waals surface area contributed by atoms with Gasteiger partial charge in [-0.05, 0) is 30.5 Å². The van der Waals surface area contributed by atoms with Gasteiger partial charge in [0.15, 0.2) is 0 Å². The smallest absolute Gasteiger partial charge is 0.262 e. The van der Waals surface area contributed by atoms with E-state index in [1.807, 2.05) is 6.07 Å². The third-order valence-corrected chi connectivity index (χ3v) is 6.44. The van der Waals surface area contributed by atoms with Crippen LogP contribution < -0.4 is 10.6 Å². The zero-order valence-electron chi connectivity index (χ0n) is 16.8. The highest BCUT2D eigenvalue weighted by molar-refractivity contribution is 7.14. The van der Waals surface area contributed by atoms with E-state index in [9.17, 15) is 9.59 Å². The van der Waals surface area contributed by atoms with Crippen LogP contribution in [-0.2, 0) is 11.3 Å². The van der Waals surface area contributed by atoms with Gasteiger partial charge in [0.1, 0.15) is 6.04 Å². The number of hydrogen-bond acceptors (Lipinski definition) is 5. The van der Waals surface area contributed by atoms with E-state index in [0.717, 1.165) is 23.4 Å². The van der Waals surface area contributed by atoms with Crippen molar-refractivity contribution in [2.24, 2.45) is 5.92 Å². The zero-order chi connectivity index (χ0) is 20.8. The first-order valence-electron chi connectivity index (χ1n) is 9.87. The minimum absolute atomic E-state index is 0.0443. The topological polar surface area (TPSA) is 74.3 Å². The van der Waals surface area contributed by atoms with E-state index in [2.05, 4.69) is 15.6 Å². The van der Waals surface area contributed by atoms with Crippen LogP contribution in [0.5, 0.6) is 0 Å². The summed E-state index contributed by atoms with van der Waals surface area (Å²) in [4.78, 5) is 32.6. The van der Waals surface area contributed by atoms with E-state index in [4.69, 9.17) is 11.6 Å². The minimum Gasteiger partial charge on any atom is -0.379 e. The molecule has 0 bridgehead atoms. The molecule has 0 saturated heterocycles. The summed E-state index contributed by atoms with van der Waals surface area (Å²) in [6.45, 7) is 0.572. The summed E-state index contributed by atoms with van der Waals surface area (Å²) in [6.07, 6.45) is 8.70. The molecule has 29 heavy (non-hydrogen) atoms. The van der Waals surface area contributed by atoms with Crippen LogP contribution in [-0.4, -0.2) is 41.8 Å². The number of aromatic nitrogens is 1. The summed E-state index contributed by atoms with van der Waals surface area (Å²) >= 11 is 7.36. The number of rotatable bonds is 8. The van der Waals surface area contributed by atoms with Gasteiger partial charge in [0.05, 0.1) is 21.8 Å². The number of pyridine rings is 1. The number of nitrogens with zero attached hydrogens (tertiary/aromatic N) is 2. The molecule has 2 aromatic heterocycles. The van der Waals surface area contributed by atoms with Crippen LogP contribution >= 0.6 is 22.9 Å². The van der Waals surface area contributed by atoms with E-state index < -0.39 is 6.04 Å². The first-order chi connectivity index (χ1) is 13.9. The number of amides is 2. The maximum absolute atomic E-state index is 12.8. The Morgan fingerprint density at radius 1 is 1.28 bits per heavy atom. The number of likely N-dealkylation sites (N-methyl/N-ethyl adjacent to an activating group) is 1. The molecule has 1 saturated carbocycles. The third-order valence-electron chi connectivity index (χ3n) is 5.15. The van der Waals surface area contributed by atoms with Gasteiger partial charge in [0.25, 0.3) is 5.91 Å². The van der Waals surface area contributed by atoms with Crippen molar-refractivity contribution in [2.45, 2.75) is 44.7 Å². The molecule has 0 spiro atoms. The molecule has 2 aromatic rings. The number of carbonyl (C=O) groups is 2. The lowest BCUT2D eigenvalue weighted by molar-refractivity contribution is -0.131. The summed E-state index contributed by atoms with van der Waals surface area (Å²) in [5.74, 6) is 0.277. The first kappa shape index (κ1) is 21.6. The molecule has 6 nitrogen and oxygen atoms in total. The van der Waals surface area contributed by atoms with E-state index in [1.165, 1.54) is 24.2 Å². The molecule has 2 amide bonds. The summed E-state index contributed by atoms with van der Waals surface area (Å²) < 4.78 is 0. The van der Waals surface area contributed by atoms with Gasteiger partial charge in [-0.1, -0.05) is 37.3 Å². The van der Waals surface area contributed by atoms with Crippen molar-refractivity contribution >= 4 is 40.4 Å². The number of halogens is 1. The van der Waals surface area contributed by atoms with Crippen molar-refractivity contribution in [3.05, 3.63) is 45.4 Å². The van der Waals surface area contributed by atoms with Gasteiger partial charge in [-0.3, -0.25) is 14.6 Å². The average molecular weight is 435 g/mol. The molecular weight excluding hydrogens is 408 g/mol. The summed E-state index contributed by atoms with van der Waals surface area (Å²) in [7, 11) is 3.46. The Hall–Kier alpha value is -2.12. The second-order valence-corrected chi connectivity index (χ2v) is 9.26. The number of anilines is 1.